The number of hydrogen-bond donors (Lipinski definition) is 4. The highest BCUT2D eigenvalue weighted by Gasteiger charge is 2.35. The van der Waals surface area contributed by atoms with Gasteiger partial charge in [0.05, 0.1) is 5.52 Å². The van der Waals surface area contributed by atoms with E-state index in [2.05, 4.69) is 12.2 Å². The van der Waals surface area contributed by atoms with Crippen LogP contribution in [0.1, 0.15) is 45.7 Å². The molecule has 1 aliphatic carbocycles. The van der Waals surface area contributed by atoms with Crippen LogP contribution in [0.15, 0.2) is 66.7 Å². The average Bonchev–Trinajstić information content (AvgIpc) is 3.18. The number of hydrogen-bond acceptors (Lipinski definition) is 6. The van der Waals surface area contributed by atoms with Gasteiger partial charge < -0.3 is 21.1 Å². The van der Waals surface area contributed by atoms with Gasteiger partial charge in [-0.2, -0.15) is 0 Å². The van der Waals surface area contributed by atoms with Crippen molar-refractivity contribution in [1.82, 2.24) is 9.97 Å². The summed E-state index contributed by atoms with van der Waals surface area (Å²) in [6.07, 6.45) is 0.692. The van der Waals surface area contributed by atoms with E-state index in [0.29, 0.717) is 46.5 Å². The fourth-order valence-electron chi connectivity index (χ4n) is 4.95. The summed E-state index contributed by atoms with van der Waals surface area (Å²) in [5, 5.41) is 24.1. The highest BCUT2D eigenvalue weighted by Crippen LogP contribution is 2.43. The third-order valence-corrected chi connectivity index (χ3v) is 6.54. The molecule has 5 N–H and O–H groups in total. The monoisotopic (exact) mass is 452 g/mol. The van der Waals surface area contributed by atoms with Gasteiger partial charge in [-0.3, -0.25) is 4.79 Å². The van der Waals surface area contributed by atoms with Gasteiger partial charge in [-0.1, -0.05) is 61.5 Å². The third-order valence-electron chi connectivity index (χ3n) is 6.54. The van der Waals surface area contributed by atoms with Crippen molar-refractivity contribution in [3.8, 4) is 0 Å². The molecule has 1 aliphatic rings. The summed E-state index contributed by atoms with van der Waals surface area (Å²) in [4.78, 5) is 21.8. The van der Waals surface area contributed by atoms with Crippen LogP contribution in [0.2, 0.25) is 0 Å². The van der Waals surface area contributed by atoms with E-state index < -0.39 is 13.0 Å². The second kappa shape index (κ2) is 8.89. The lowest BCUT2D eigenvalue weighted by molar-refractivity contribution is 0.0999. The van der Waals surface area contributed by atoms with Gasteiger partial charge in [0.1, 0.15) is 11.6 Å². The molecule has 7 nitrogen and oxygen atoms in total. The minimum absolute atomic E-state index is 0.140. The van der Waals surface area contributed by atoms with Crippen LogP contribution in [-0.2, 0) is 13.0 Å². The van der Waals surface area contributed by atoms with E-state index in [1.807, 2.05) is 48.5 Å². The molecule has 5 rings (SSSR count). The second-order valence-corrected chi connectivity index (χ2v) is 8.78. The maximum Gasteiger partial charge on any atom is 0.490 e. The Kier molecular flexibility index (Phi) is 5.77. The molecule has 1 amide bonds. The Morgan fingerprint density at radius 2 is 1.82 bits per heavy atom. The van der Waals surface area contributed by atoms with Gasteiger partial charge in [0.25, 0.3) is 0 Å². The Morgan fingerprint density at radius 1 is 1.06 bits per heavy atom. The van der Waals surface area contributed by atoms with Crippen molar-refractivity contribution < 1.29 is 14.8 Å². The number of fused-ring (bicyclic) bond motifs is 2. The largest absolute Gasteiger partial charge is 0.490 e. The van der Waals surface area contributed by atoms with Gasteiger partial charge in [0.2, 0.25) is 5.91 Å². The maximum atomic E-state index is 12.0. The minimum Gasteiger partial charge on any atom is -0.423 e. The fraction of sp³-hybridized carbons (Fsp3) is 0.192. The molecule has 0 spiro atoms. The van der Waals surface area contributed by atoms with Crippen molar-refractivity contribution in [2.45, 2.75) is 25.8 Å². The molecule has 0 aliphatic heterocycles. The van der Waals surface area contributed by atoms with Crippen LogP contribution >= 0.6 is 0 Å². The first-order valence-corrected chi connectivity index (χ1v) is 11.3. The summed E-state index contributed by atoms with van der Waals surface area (Å²) >= 11 is 0. The smallest absolute Gasteiger partial charge is 0.423 e. The van der Waals surface area contributed by atoms with Gasteiger partial charge in [-0.25, -0.2) is 9.97 Å². The number of nitrogens with one attached hydrogen (secondary N) is 1. The zero-order valence-electron chi connectivity index (χ0n) is 18.8. The Hall–Kier alpha value is -3.75. The summed E-state index contributed by atoms with van der Waals surface area (Å²) in [5.74, 6) is 0.739. The molecule has 170 valence electrons. The number of anilines is 1. The summed E-state index contributed by atoms with van der Waals surface area (Å²) in [6, 6.07) is 20.9. The lowest BCUT2D eigenvalue weighted by atomic mass is 9.78. The average molecular weight is 452 g/mol. The number of benzene rings is 3. The highest BCUT2D eigenvalue weighted by molar-refractivity contribution is 6.61. The lowest BCUT2D eigenvalue weighted by Crippen LogP contribution is -2.31. The molecule has 0 saturated heterocycles. The van der Waals surface area contributed by atoms with Crippen LogP contribution in [0.4, 0.5) is 5.82 Å². The molecule has 8 heteroatoms. The normalized spacial score (nSPS) is 16.9. The number of carbonyl (C=O) groups excluding carboxylic acids is 1. The van der Waals surface area contributed by atoms with Crippen LogP contribution in [0.5, 0.6) is 0 Å². The molecule has 1 heterocycles. The van der Waals surface area contributed by atoms with Crippen LogP contribution in [0.3, 0.4) is 0 Å². The van der Waals surface area contributed by atoms with Crippen molar-refractivity contribution >= 4 is 35.2 Å². The Bertz CT molecular complexity index is 1380. The summed E-state index contributed by atoms with van der Waals surface area (Å²) in [5.41, 5.74) is 9.98. The summed E-state index contributed by atoms with van der Waals surface area (Å²) < 4.78 is 0. The van der Waals surface area contributed by atoms with Crippen LogP contribution in [0.25, 0.3) is 10.9 Å². The number of para-hydroxylation sites is 1. The van der Waals surface area contributed by atoms with Gasteiger partial charge in [0, 0.05) is 28.9 Å². The van der Waals surface area contributed by atoms with Crippen LogP contribution in [0, 0.1) is 5.92 Å². The van der Waals surface area contributed by atoms with Crippen LogP contribution < -0.4 is 16.5 Å². The number of primary amides is 1. The Balaban J connectivity index is 1.66. The van der Waals surface area contributed by atoms with Gasteiger partial charge in [-0.05, 0) is 41.2 Å². The molecule has 3 aromatic carbocycles. The first kappa shape index (κ1) is 22.1. The van der Waals surface area contributed by atoms with E-state index in [4.69, 9.17) is 15.7 Å². The molecular formula is C26H25BN4O3. The zero-order chi connectivity index (χ0) is 23.8. The minimum atomic E-state index is -1.66. The molecule has 4 aromatic rings. The molecule has 0 saturated carbocycles. The predicted molar refractivity (Wildman–Crippen MR) is 133 cm³/mol. The van der Waals surface area contributed by atoms with E-state index in [-0.39, 0.29) is 11.8 Å². The van der Waals surface area contributed by atoms with Gasteiger partial charge in [-0.15, -0.1) is 0 Å². The van der Waals surface area contributed by atoms with Crippen molar-refractivity contribution in [2.75, 3.05) is 5.32 Å². The topological polar surface area (TPSA) is 121 Å². The first-order valence-electron chi connectivity index (χ1n) is 11.3. The van der Waals surface area contributed by atoms with E-state index in [1.165, 1.54) is 0 Å². The quantitative estimate of drug-likeness (QED) is 0.333. The standard InChI is InChI=1S/C26H25BN4O3/c1-15-13-20-17(9-5-10-18(20)24(28)32)22(15)26-30-23-19(11-6-12-21(23)27(33)34)25(31-26)29-14-16-7-3-2-4-8-16/h2-12,15,22,33-34H,13-14H2,1H3,(H2,28,32)(H,29,30,31). The molecule has 2 atom stereocenters. The SMILES string of the molecule is CC1Cc2c(C(N)=O)cccc2C1c1nc(NCc2ccccc2)c2cccc(B(O)O)c2n1. The lowest BCUT2D eigenvalue weighted by Gasteiger charge is -2.19. The Labute approximate surface area is 197 Å². The number of rotatable bonds is 6. The van der Waals surface area contributed by atoms with Crippen molar-refractivity contribution in [3.05, 3.63) is 94.8 Å². The number of amides is 1. The van der Waals surface area contributed by atoms with E-state index in [1.54, 1.807) is 18.2 Å². The van der Waals surface area contributed by atoms with E-state index >= 15 is 0 Å². The molecule has 0 fully saturated rings. The number of aromatic nitrogens is 2. The molecule has 2 unspecified atom stereocenters. The maximum absolute atomic E-state index is 12.0. The highest BCUT2D eigenvalue weighted by atomic mass is 16.4. The third kappa shape index (κ3) is 3.91. The Morgan fingerprint density at radius 3 is 2.56 bits per heavy atom. The predicted octanol–water partition coefficient (Wildman–Crippen LogP) is 2.34. The number of nitrogens with zero attached hydrogens (tertiary/aromatic N) is 2. The molecule has 0 bridgehead atoms. The summed E-state index contributed by atoms with van der Waals surface area (Å²) in [6.45, 7) is 2.66. The summed E-state index contributed by atoms with van der Waals surface area (Å²) in [7, 11) is -1.66. The first-order chi connectivity index (χ1) is 16.4. The number of carbonyl (C=O) groups is 1. The molecule has 34 heavy (non-hydrogen) atoms. The van der Waals surface area contributed by atoms with Crippen molar-refractivity contribution in [3.63, 3.8) is 0 Å². The molecule has 1 aromatic heterocycles. The van der Waals surface area contributed by atoms with Gasteiger partial charge >= 0.3 is 7.12 Å². The van der Waals surface area contributed by atoms with E-state index in [0.717, 1.165) is 16.7 Å². The van der Waals surface area contributed by atoms with Crippen LogP contribution in [-0.4, -0.2) is 33.0 Å². The fourth-order valence-corrected chi connectivity index (χ4v) is 4.95. The van der Waals surface area contributed by atoms with Crippen molar-refractivity contribution in [2.24, 2.45) is 11.7 Å². The second-order valence-electron chi connectivity index (χ2n) is 8.78. The number of nitrogens with two attached hydrogens (primary N) is 1. The molecule has 0 radical (unpaired) electrons. The zero-order valence-corrected chi connectivity index (χ0v) is 18.8. The van der Waals surface area contributed by atoms with Gasteiger partial charge in [0.15, 0.2) is 0 Å². The molecular weight excluding hydrogens is 427 g/mol. The van der Waals surface area contributed by atoms with E-state index in [9.17, 15) is 14.8 Å². The van der Waals surface area contributed by atoms with Crippen molar-refractivity contribution in [1.29, 1.82) is 0 Å².